The predicted octanol–water partition coefficient (Wildman–Crippen LogP) is 10.2. The molecule has 2 aliphatic heterocycles. The van der Waals surface area contributed by atoms with Gasteiger partial charge in [-0.05, 0) is 44.9 Å². The third kappa shape index (κ3) is 31.6. The van der Waals surface area contributed by atoms with Crippen molar-refractivity contribution >= 4 is 5.91 Å². The zero-order valence-electron chi connectivity index (χ0n) is 46.6. The van der Waals surface area contributed by atoms with Crippen molar-refractivity contribution in [1.29, 1.82) is 0 Å². The Morgan fingerprint density at radius 3 is 1.32 bits per heavy atom. The van der Waals surface area contributed by atoms with Gasteiger partial charge in [0, 0.05) is 6.42 Å². The lowest BCUT2D eigenvalue weighted by Gasteiger charge is -2.46. The summed E-state index contributed by atoms with van der Waals surface area (Å²) in [4.78, 5) is 13.3. The fourth-order valence-corrected chi connectivity index (χ4v) is 9.91. The molecule has 2 saturated heterocycles. The van der Waals surface area contributed by atoms with Crippen LogP contribution in [0.2, 0.25) is 0 Å². The zero-order chi connectivity index (χ0) is 53.9. The molecule has 2 fully saturated rings. The minimum absolute atomic E-state index is 0.250. The quantitative estimate of drug-likeness (QED) is 0.0204. The minimum atomic E-state index is -1.79. The normalized spacial score (nSPS) is 25.4. The fourth-order valence-electron chi connectivity index (χ4n) is 9.91. The Morgan fingerprint density at radius 1 is 0.473 bits per heavy atom. The van der Waals surface area contributed by atoms with Crippen molar-refractivity contribution in [2.75, 3.05) is 19.8 Å². The molecule has 0 spiro atoms. The van der Waals surface area contributed by atoms with Gasteiger partial charge in [0.2, 0.25) is 5.91 Å². The molecule has 0 aromatic heterocycles. The van der Waals surface area contributed by atoms with Crippen LogP contribution in [0.1, 0.15) is 245 Å². The van der Waals surface area contributed by atoms with Crippen LogP contribution in [0, 0.1) is 0 Å². The number of hydrogen-bond donors (Lipinski definition) is 9. The minimum Gasteiger partial charge on any atom is -0.394 e. The number of carbonyl (C=O) groups is 1. The van der Waals surface area contributed by atoms with E-state index in [1.165, 1.54) is 167 Å². The number of carbonyl (C=O) groups excluding carboxylic acids is 1. The molecule has 1 amide bonds. The predicted molar refractivity (Wildman–Crippen MR) is 295 cm³/mol. The molecule has 0 radical (unpaired) electrons. The van der Waals surface area contributed by atoms with Crippen LogP contribution in [0.25, 0.3) is 0 Å². The number of aliphatic hydroxyl groups excluding tert-OH is 8. The van der Waals surface area contributed by atoms with Gasteiger partial charge in [0.1, 0.15) is 48.8 Å². The maximum Gasteiger partial charge on any atom is 0.220 e. The standard InChI is InChI=1S/C60H111NO13/c1-3-5-7-9-11-13-15-17-19-21-23-24-25-26-28-30-32-34-36-38-40-42-44-52(65)61-48(49(64)43-41-39-37-35-33-31-29-27-22-20-18-16-14-12-10-8-6-4-2)47-71-59-57(70)55(68)58(51(46-63)73-59)74-60-56(69)54(67)53(66)50(45-62)72-60/h22,27,33,35,41,43,48-51,53-60,62-64,66-70H,3-21,23-26,28-32,34,36-40,42,44-47H2,1-2H3,(H,61,65)/b27-22+,35-33+,43-41+. The second-order valence-corrected chi connectivity index (χ2v) is 21.5. The molecule has 434 valence electrons. The van der Waals surface area contributed by atoms with Gasteiger partial charge < -0.3 is 65.1 Å². The van der Waals surface area contributed by atoms with Crippen LogP contribution in [-0.4, -0.2) is 140 Å². The molecule has 2 heterocycles. The molecule has 0 saturated carbocycles. The summed E-state index contributed by atoms with van der Waals surface area (Å²) in [5.41, 5.74) is 0. The molecule has 0 aliphatic carbocycles. The van der Waals surface area contributed by atoms with Crippen molar-refractivity contribution in [2.45, 2.75) is 319 Å². The highest BCUT2D eigenvalue weighted by molar-refractivity contribution is 5.76. The number of allylic oxidation sites excluding steroid dienone is 5. The Morgan fingerprint density at radius 2 is 0.865 bits per heavy atom. The van der Waals surface area contributed by atoms with Crippen molar-refractivity contribution in [3.63, 3.8) is 0 Å². The van der Waals surface area contributed by atoms with Crippen LogP contribution in [0.3, 0.4) is 0 Å². The summed E-state index contributed by atoms with van der Waals surface area (Å²) < 4.78 is 22.8. The van der Waals surface area contributed by atoms with E-state index in [0.29, 0.717) is 12.8 Å². The molecule has 14 nitrogen and oxygen atoms in total. The molecule has 14 heteroatoms. The van der Waals surface area contributed by atoms with Crippen LogP contribution in [0.4, 0.5) is 0 Å². The third-order valence-corrected chi connectivity index (χ3v) is 14.8. The molecule has 12 atom stereocenters. The molecule has 74 heavy (non-hydrogen) atoms. The van der Waals surface area contributed by atoms with Crippen LogP contribution >= 0.6 is 0 Å². The highest BCUT2D eigenvalue weighted by atomic mass is 16.7. The van der Waals surface area contributed by atoms with E-state index >= 15 is 0 Å². The Labute approximate surface area is 449 Å². The van der Waals surface area contributed by atoms with E-state index in [2.05, 4.69) is 43.5 Å². The molecule has 12 unspecified atom stereocenters. The van der Waals surface area contributed by atoms with E-state index in [9.17, 15) is 45.6 Å². The first-order valence-corrected chi connectivity index (χ1v) is 30.2. The topological polar surface area (TPSA) is 228 Å². The van der Waals surface area contributed by atoms with Crippen molar-refractivity contribution in [2.24, 2.45) is 0 Å². The Balaban J connectivity index is 1.78. The Bertz CT molecular complexity index is 1380. The lowest BCUT2D eigenvalue weighted by Crippen LogP contribution is -2.65. The van der Waals surface area contributed by atoms with Crippen LogP contribution in [-0.2, 0) is 23.7 Å². The van der Waals surface area contributed by atoms with E-state index in [0.717, 1.165) is 44.9 Å². The van der Waals surface area contributed by atoms with Crippen molar-refractivity contribution in [1.82, 2.24) is 5.32 Å². The lowest BCUT2D eigenvalue weighted by atomic mass is 9.97. The summed E-state index contributed by atoms with van der Waals surface area (Å²) in [6.45, 7) is 2.79. The van der Waals surface area contributed by atoms with E-state index in [1.807, 2.05) is 6.08 Å². The molecular weight excluding hydrogens is 943 g/mol. The fraction of sp³-hybridized carbons (Fsp3) is 0.883. The molecule has 0 aromatic rings. The van der Waals surface area contributed by atoms with Crippen molar-refractivity contribution < 1.29 is 64.6 Å². The lowest BCUT2D eigenvalue weighted by molar-refractivity contribution is -0.359. The van der Waals surface area contributed by atoms with Gasteiger partial charge in [-0.1, -0.05) is 230 Å². The number of nitrogens with one attached hydrogen (secondary N) is 1. The number of rotatable bonds is 48. The summed E-state index contributed by atoms with van der Waals surface area (Å²) >= 11 is 0. The number of ether oxygens (including phenoxy) is 4. The van der Waals surface area contributed by atoms with Crippen molar-refractivity contribution in [3.05, 3.63) is 36.5 Å². The highest BCUT2D eigenvalue weighted by Gasteiger charge is 2.51. The Kier molecular flexibility index (Phi) is 42.6. The highest BCUT2D eigenvalue weighted by Crippen LogP contribution is 2.30. The molecule has 9 N–H and O–H groups in total. The molecular formula is C60H111NO13. The van der Waals surface area contributed by atoms with E-state index < -0.39 is 86.8 Å². The third-order valence-electron chi connectivity index (χ3n) is 14.8. The molecule has 0 bridgehead atoms. The first-order valence-electron chi connectivity index (χ1n) is 30.2. The smallest absolute Gasteiger partial charge is 0.220 e. The van der Waals surface area contributed by atoms with Gasteiger partial charge in [-0.15, -0.1) is 0 Å². The first kappa shape index (κ1) is 68.3. The number of amides is 1. The van der Waals surface area contributed by atoms with E-state index in [1.54, 1.807) is 6.08 Å². The van der Waals surface area contributed by atoms with Crippen LogP contribution in [0.15, 0.2) is 36.5 Å². The molecule has 2 aliphatic rings. The summed E-state index contributed by atoms with van der Waals surface area (Å²) in [5.74, 6) is -0.250. The maximum atomic E-state index is 13.3. The monoisotopic (exact) mass is 1050 g/mol. The van der Waals surface area contributed by atoms with E-state index in [-0.39, 0.29) is 18.9 Å². The summed E-state index contributed by atoms with van der Waals surface area (Å²) in [6.07, 6.45) is 39.0. The molecule has 2 rings (SSSR count). The summed E-state index contributed by atoms with van der Waals surface area (Å²) in [5, 5.41) is 87.1. The van der Waals surface area contributed by atoms with Gasteiger partial charge in [0.15, 0.2) is 12.6 Å². The number of hydrogen-bond acceptors (Lipinski definition) is 13. The number of aliphatic hydroxyl groups is 8. The van der Waals surface area contributed by atoms with Gasteiger partial charge in [-0.2, -0.15) is 0 Å². The second-order valence-electron chi connectivity index (χ2n) is 21.5. The average molecular weight is 1050 g/mol. The van der Waals surface area contributed by atoms with Gasteiger partial charge in [-0.3, -0.25) is 4.79 Å². The van der Waals surface area contributed by atoms with Gasteiger partial charge in [0.05, 0.1) is 32.0 Å². The first-order chi connectivity index (χ1) is 36.1. The summed E-state index contributed by atoms with van der Waals surface area (Å²) in [6, 6.07) is -0.935. The SMILES string of the molecule is CCCCCCCCCC/C=C/CC/C=C/CC/C=C/C(O)C(COC1OC(CO)C(OC2OC(CO)C(O)C(O)C2O)C(O)C1O)NC(=O)CCCCCCCCCCCCCCCCCCCCCCCC. The zero-order valence-corrected chi connectivity index (χ0v) is 46.6. The van der Waals surface area contributed by atoms with Gasteiger partial charge in [-0.25, -0.2) is 0 Å². The summed E-state index contributed by atoms with van der Waals surface area (Å²) in [7, 11) is 0. The van der Waals surface area contributed by atoms with Crippen LogP contribution < -0.4 is 5.32 Å². The number of unbranched alkanes of at least 4 members (excludes halogenated alkanes) is 31. The van der Waals surface area contributed by atoms with E-state index in [4.69, 9.17) is 18.9 Å². The van der Waals surface area contributed by atoms with Crippen molar-refractivity contribution in [3.8, 4) is 0 Å². The van der Waals surface area contributed by atoms with Gasteiger partial charge >= 0.3 is 0 Å². The van der Waals surface area contributed by atoms with Gasteiger partial charge in [0.25, 0.3) is 0 Å². The maximum absolute atomic E-state index is 13.3. The Hall–Kier alpha value is -1.79. The average Bonchev–Trinajstić information content (AvgIpc) is 3.40. The largest absolute Gasteiger partial charge is 0.394 e. The second kappa shape index (κ2) is 46.2. The van der Waals surface area contributed by atoms with Crippen LogP contribution in [0.5, 0.6) is 0 Å². The molecule has 0 aromatic carbocycles.